The summed E-state index contributed by atoms with van der Waals surface area (Å²) >= 11 is 0. The van der Waals surface area contributed by atoms with Crippen molar-refractivity contribution in [3.8, 4) is 0 Å². The highest BCUT2D eigenvalue weighted by Crippen LogP contribution is 2.86. The molecule has 4 aliphatic heterocycles. The molecule has 4 heterocycles. The van der Waals surface area contributed by atoms with Crippen molar-refractivity contribution in [2.24, 2.45) is 39.9 Å². The van der Waals surface area contributed by atoms with Crippen LogP contribution in [0.25, 0.3) is 0 Å². The van der Waals surface area contributed by atoms with Crippen molar-refractivity contribution in [1.82, 2.24) is 4.90 Å². The van der Waals surface area contributed by atoms with Crippen LogP contribution in [0.1, 0.15) is 46.0 Å². The second kappa shape index (κ2) is 4.01. The van der Waals surface area contributed by atoms with Crippen molar-refractivity contribution in [3.05, 3.63) is 12.2 Å². The molecule has 4 saturated heterocycles. The first-order valence-corrected chi connectivity index (χ1v) is 10.7. The number of carbonyl (C=O) groups excluding carboxylic acids is 1. The van der Waals surface area contributed by atoms with E-state index in [4.69, 9.17) is 4.74 Å². The molecule has 5 saturated carbocycles. The highest BCUT2D eigenvalue weighted by Gasteiger charge is 2.88. The first kappa shape index (κ1) is 15.2. The van der Waals surface area contributed by atoms with E-state index >= 15 is 0 Å². The van der Waals surface area contributed by atoms with Crippen LogP contribution in [-0.4, -0.2) is 46.8 Å². The Balaban J connectivity index is 1.52. The zero-order valence-corrected chi connectivity index (χ0v) is 15.8. The fourth-order valence-corrected chi connectivity index (χ4v) is 10.3. The lowest BCUT2D eigenvalue weighted by atomic mass is 9.41. The molecule has 0 aromatic heterocycles. The molecule has 4 nitrogen and oxygen atoms in total. The Morgan fingerprint density at radius 1 is 1.38 bits per heavy atom. The molecule has 11 atom stereocenters. The van der Waals surface area contributed by atoms with Crippen molar-refractivity contribution in [1.29, 1.82) is 0 Å². The third kappa shape index (κ3) is 1.11. The van der Waals surface area contributed by atoms with Gasteiger partial charge in [0.2, 0.25) is 0 Å². The van der Waals surface area contributed by atoms with E-state index in [9.17, 15) is 9.90 Å². The van der Waals surface area contributed by atoms with Crippen molar-refractivity contribution in [2.75, 3.05) is 6.54 Å². The van der Waals surface area contributed by atoms with Crippen LogP contribution in [-0.2, 0) is 9.53 Å². The predicted molar refractivity (Wildman–Crippen MR) is 95.0 cm³/mol. The van der Waals surface area contributed by atoms with Crippen LogP contribution in [0.15, 0.2) is 12.2 Å². The molecular formula is C22H29NO3. The van der Waals surface area contributed by atoms with E-state index in [2.05, 4.69) is 25.3 Å². The summed E-state index contributed by atoms with van der Waals surface area (Å²) in [6.07, 6.45) is 5.21. The van der Waals surface area contributed by atoms with Gasteiger partial charge in [0.05, 0.1) is 12.2 Å². The molecule has 9 bridgehead atoms. The number of aliphatic hydroxyl groups excluding tert-OH is 1. The minimum Gasteiger partial charge on any atom is -0.388 e. The van der Waals surface area contributed by atoms with Crippen LogP contribution in [0.5, 0.6) is 0 Å². The average molecular weight is 355 g/mol. The first-order chi connectivity index (χ1) is 12.4. The number of piperidine rings is 1. The lowest BCUT2D eigenvalue weighted by Gasteiger charge is -2.73. The lowest BCUT2D eigenvalue weighted by molar-refractivity contribution is -0.370. The van der Waals surface area contributed by atoms with Crippen LogP contribution in [0.4, 0.5) is 0 Å². The second-order valence-corrected chi connectivity index (χ2v) is 10.8. The molecule has 0 amide bonds. The molecule has 0 aromatic carbocycles. The van der Waals surface area contributed by atoms with Crippen LogP contribution in [0, 0.1) is 39.9 Å². The van der Waals surface area contributed by atoms with Gasteiger partial charge < -0.3 is 9.84 Å². The Morgan fingerprint density at radius 3 is 2.96 bits per heavy atom. The Morgan fingerprint density at radius 2 is 2.19 bits per heavy atom. The number of ether oxygens (including phenoxy) is 1. The maximum atomic E-state index is 13.0. The molecule has 4 heteroatoms. The minimum absolute atomic E-state index is 0.0853. The van der Waals surface area contributed by atoms with E-state index in [0.717, 1.165) is 25.0 Å². The maximum Gasteiger partial charge on any atom is 0.140 e. The van der Waals surface area contributed by atoms with E-state index in [0.29, 0.717) is 42.1 Å². The average Bonchev–Trinajstić information content (AvgIpc) is 3.17. The van der Waals surface area contributed by atoms with Gasteiger partial charge in [0.25, 0.3) is 0 Å². The summed E-state index contributed by atoms with van der Waals surface area (Å²) in [6, 6.07) is 0.506. The summed E-state index contributed by atoms with van der Waals surface area (Å²) in [5, 5.41) is 11.4. The Kier molecular flexibility index (Phi) is 2.35. The summed E-state index contributed by atoms with van der Waals surface area (Å²) in [7, 11) is 0. The number of ketones is 1. The van der Waals surface area contributed by atoms with Crippen LogP contribution in [0.3, 0.4) is 0 Å². The highest BCUT2D eigenvalue weighted by atomic mass is 16.5. The topological polar surface area (TPSA) is 49.8 Å². The monoisotopic (exact) mass is 355 g/mol. The van der Waals surface area contributed by atoms with Gasteiger partial charge in [0.1, 0.15) is 12.0 Å². The van der Waals surface area contributed by atoms with E-state index in [1.54, 1.807) is 0 Å². The molecule has 9 fully saturated rings. The van der Waals surface area contributed by atoms with Crippen molar-refractivity contribution >= 4 is 5.78 Å². The summed E-state index contributed by atoms with van der Waals surface area (Å²) < 4.78 is 6.75. The molecular weight excluding hydrogens is 326 g/mol. The van der Waals surface area contributed by atoms with Gasteiger partial charge in [-0.3, -0.25) is 9.69 Å². The van der Waals surface area contributed by atoms with E-state index in [1.165, 1.54) is 12.8 Å². The van der Waals surface area contributed by atoms with Gasteiger partial charge in [0, 0.05) is 34.6 Å². The fourth-order valence-electron chi connectivity index (χ4n) is 10.3. The van der Waals surface area contributed by atoms with Gasteiger partial charge in [0.15, 0.2) is 0 Å². The molecule has 9 rings (SSSR count). The largest absolute Gasteiger partial charge is 0.388 e. The number of fused-ring (bicyclic) bond motifs is 2. The van der Waals surface area contributed by atoms with Crippen molar-refractivity contribution < 1.29 is 14.6 Å². The van der Waals surface area contributed by atoms with E-state index < -0.39 is 6.10 Å². The highest BCUT2D eigenvalue weighted by molar-refractivity contribution is 5.87. The summed E-state index contributed by atoms with van der Waals surface area (Å²) in [5.74, 6) is 1.74. The number of nitrogens with zero attached hydrogens (tertiary/aromatic N) is 1. The SMILES string of the molecule is C=C1[C@H]2C[C@]3([C@@H]1O)[C@H]1C[C@H]4C5([C@@H]6CC[C@@]4(C)[C@H](O6)N(CC)[C@H]15)[C@@H]3CC2=O. The Labute approximate surface area is 155 Å². The number of rotatable bonds is 1. The number of carbonyl (C=O) groups is 1. The second-order valence-electron chi connectivity index (χ2n) is 10.8. The summed E-state index contributed by atoms with van der Waals surface area (Å²) in [4.78, 5) is 15.7. The smallest absolute Gasteiger partial charge is 0.140 e. The number of Topliss-reactive ketones (excluding diaryl/α,β-unsaturated/α-hetero) is 1. The molecule has 5 aliphatic carbocycles. The van der Waals surface area contributed by atoms with Gasteiger partial charge in [-0.2, -0.15) is 0 Å². The zero-order valence-electron chi connectivity index (χ0n) is 15.8. The molecule has 2 spiro atoms. The first-order valence-electron chi connectivity index (χ1n) is 10.7. The zero-order chi connectivity index (χ0) is 17.8. The Hall–Kier alpha value is -0.710. The summed E-state index contributed by atoms with van der Waals surface area (Å²) in [6.45, 7) is 9.94. The number of aliphatic hydroxyl groups is 1. The number of hydrogen-bond acceptors (Lipinski definition) is 4. The van der Waals surface area contributed by atoms with Crippen molar-refractivity contribution in [2.45, 2.75) is 70.4 Å². The van der Waals surface area contributed by atoms with E-state index in [-0.39, 0.29) is 28.4 Å². The van der Waals surface area contributed by atoms with Gasteiger partial charge >= 0.3 is 0 Å². The molecule has 1 N–H and O–H groups in total. The van der Waals surface area contributed by atoms with Gasteiger partial charge in [-0.15, -0.1) is 0 Å². The van der Waals surface area contributed by atoms with Crippen LogP contribution >= 0.6 is 0 Å². The van der Waals surface area contributed by atoms with Gasteiger partial charge in [-0.05, 0) is 55.6 Å². The molecule has 0 aromatic rings. The van der Waals surface area contributed by atoms with Gasteiger partial charge in [-0.25, -0.2) is 0 Å². The molecule has 26 heavy (non-hydrogen) atoms. The quantitative estimate of drug-likeness (QED) is 0.734. The molecule has 1 unspecified atom stereocenters. The van der Waals surface area contributed by atoms with Crippen LogP contribution < -0.4 is 0 Å². The van der Waals surface area contributed by atoms with Crippen molar-refractivity contribution in [3.63, 3.8) is 0 Å². The summed E-state index contributed by atoms with van der Waals surface area (Å²) in [5.41, 5.74) is 1.03. The van der Waals surface area contributed by atoms with Gasteiger partial charge in [-0.1, -0.05) is 20.4 Å². The van der Waals surface area contributed by atoms with Crippen LogP contribution in [0.2, 0.25) is 0 Å². The predicted octanol–water partition coefficient (Wildman–Crippen LogP) is 2.36. The molecule has 9 aliphatic rings. The number of hydrogen-bond donors (Lipinski definition) is 1. The standard InChI is InChI=1S/C22H29NO3/c1-4-23-17-12-7-14-20(3)6-5-16(26-19(20)23)22(14,17)15-8-13(24)11-9-21(12,15)18(25)10(11)2/h11-12,14-19,25H,2,4-9H2,1,3H3/t11-,12+,14-,15-,16+,17-,18-,19+,20-,21+,22?/m1/s1. The fraction of sp³-hybridized carbons (Fsp3) is 0.864. The Bertz CT molecular complexity index is 779. The lowest BCUT2D eigenvalue weighted by Crippen LogP contribution is -2.78. The minimum atomic E-state index is -0.487. The third-order valence-electron chi connectivity index (χ3n) is 10.8. The van der Waals surface area contributed by atoms with E-state index in [1.807, 2.05) is 0 Å². The normalized spacial score (nSPS) is 66.7. The maximum absolute atomic E-state index is 13.0. The molecule has 0 radical (unpaired) electrons. The third-order valence-corrected chi connectivity index (χ3v) is 10.8. The molecule has 140 valence electrons.